The number of hydrogen-bond donors (Lipinski definition) is 1. The molecule has 1 saturated carbocycles. The van der Waals surface area contributed by atoms with Gasteiger partial charge in [0.15, 0.2) is 9.84 Å². The molecule has 1 aliphatic carbocycles. The lowest BCUT2D eigenvalue weighted by atomic mass is 10.2. The van der Waals surface area contributed by atoms with Gasteiger partial charge in [-0.3, -0.25) is 0 Å². The number of anilines is 1. The van der Waals surface area contributed by atoms with E-state index >= 15 is 0 Å². The van der Waals surface area contributed by atoms with E-state index in [2.05, 4.69) is 12.2 Å². The summed E-state index contributed by atoms with van der Waals surface area (Å²) in [5, 5.41) is 4.24. The molecule has 0 aliphatic heterocycles. The van der Waals surface area contributed by atoms with Gasteiger partial charge in [0.1, 0.15) is 0 Å². The SMILES string of the molecule is CCSC1CCCC1Nc1ccc(S(=O)(=O)CC)cc1. The van der Waals surface area contributed by atoms with Crippen molar-refractivity contribution in [2.45, 2.75) is 49.3 Å². The van der Waals surface area contributed by atoms with E-state index < -0.39 is 9.84 Å². The minimum atomic E-state index is -3.09. The smallest absolute Gasteiger partial charge is 0.178 e. The molecule has 1 aromatic carbocycles. The highest BCUT2D eigenvalue weighted by molar-refractivity contribution is 7.99. The summed E-state index contributed by atoms with van der Waals surface area (Å²) in [6, 6.07) is 7.69. The first-order valence-electron chi connectivity index (χ1n) is 7.27. The molecule has 2 rings (SSSR count). The van der Waals surface area contributed by atoms with E-state index in [1.165, 1.54) is 19.3 Å². The second-order valence-electron chi connectivity index (χ2n) is 5.10. The van der Waals surface area contributed by atoms with E-state index in [4.69, 9.17) is 0 Å². The van der Waals surface area contributed by atoms with Crippen molar-refractivity contribution in [1.82, 2.24) is 0 Å². The first kappa shape index (κ1) is 15.7. The predicted molar refractivity (Wildman–Crippen MR) is 87.4 cm³/mol. The van der Waals surface area contributed by atoms with Crippen LogP contribution in [0.1, 0.15) is 33.1 Å². The van der Waals surface area contributed by atoms with E-state index in [-0.39, 0.29) is 5.75 Å². The van der Waals surface area contributed by atoms with Crippen molar-refractivity contribution < 1.29 is 8.42 Å². The average molecular weight is 313 g/mol. The van der Waals surface area contributed by atoms with Gasteiger partial charge in [-0.2, -0.15) is 11.8 Å². The second kappa shape index (κ2) is 6.85. The maximum Gasteiger partial charge on any atom is 0.178 e. The number of sulfone groups is 1. The molecule has 0 saturated heterocycles. The lowest BCUT2D eigenvalue weighted by Gasteiger charge is -2.21. The lowest BCUT2D eigenvalue weighted by Crippen LogP contribution is -2.26. The van der Waals surface area contributed by atoms with Gasteiger partial charge >= 0.3 is 0 Å². The van der Waals surface area contributed by atoms with Gasteiger partial charge in [-0.05, 0) is 42.9 Å². The van der Waals surface area contributed by atoms with Crippen LogP contribution >= 0.6 is 11.8 Å². The van der Waals surface area contributed by atoms with Crippen molar-refractivity contribution in [2.75, 3.05) is 16.8 Å². The summed E-state index contributed by atoms with van der Waals surface area (Å²) in [5.41, 5.74) is 1.02. The van der Waals surface area contributed by atoms with Gasteiger partial charge in [0.25, 0.3) is 0 Å². The third-order valence-electron chi connectivity index (χ3n) is 3.78. The van der Waals surface area contributed by atoms with Gasteiger partial charge in [-0.15, -0.1) is 0 Å². The molecule has 0 bridgehead atoms. The van der Waals surface area contributed by atoms with Gasteiger partial charge in [0.05, 0.1) is 10.6 Å². The monoisotopic (exact) mass is 313 g/mol. The Morgan fingerprint density at radius 3 is 2.50 bits per heavy atom. The quantitative estimate of drug-likeness (QED) is 0.872. The normalized spacial score (nSPS) is 22.9. The number of nitrogens with one attached hydrogen (secondary N) is 1. The zero-order chi connectivity index (χ0) is 14.6. The maximum absolute atomic E-state index is 11.8. The number of thioether (sulfide) groups is 1. The maximum atomic E-state index is 11.8. The van der Waals surface area contributed by atoms with Crippen LogP contribution < -0.4 is 5.32 Å². The summed E-state index contributed by atoms with van der Waals surface area (Å²) in [6.07, 6.45) is 3.75. The molecule has 0 amide bonds. The zero-order valence-corrected chi connectivity index (χ0v) is 13.8. The summed E-state index contributed by atoms with van der Waals surface area (Å²) in [5.74, 6) is 1.30. The molecule has 2 unspecified atom stereocenters. The molecule has 112 valence electrons. The molecule has 1 aliphatic rings. The Morgan fingerprint density at radius 2 is 1.90 bits per heavy atom. The molecular formula is C15H23NO2S2. The fraction of sp³-hybridized carbons (Fsp3) is 0.600. The lowest BCUT2D eigenvalue weighted by molar-refractivity contribution is 0.597. The topological polar surface area (TPSA) is 46.2 Å². The first-order valence-corrected chi connectivity index (χ1v) is 9.98. The summed E-state index contributed by atoms with van der Waals surface area (Å²) < 4.78 is 23.5. The van der Waals surface area contributed by atoms with Crippen molar-refractivity contribution in [3.8, 4) is 0 Å². The van der Waals surface area contributed by atoms with E-state index in [9.17, 15) is 8.42 Å². The Kier molecular flexibility index (Phi) is 5.38. The van der Waals surface area contributed by atoms with Gasteiger partial charge < -0.3 is 5.32 Å². The molecule has 1 N–H and O–H groups in total. The van der Waals surface area contributed by atoms with Gasteiger partial charge in [0.2, 0.25) is 0 Å². The first-order chi connectivity index (χ1) is 9.56. The number of rotatable bonds is 6. The fourth-order valence-electron chi connectivity index (χ4n) is 2.64. The molecule has 20 heavy (non-hydrogen) atoms. The molecular weight excluding hydrogens is 290 g/mol. The minimum Gasteiger partial charge on any atom is -0.381 e. The minimum absolute atomic E-state index is 0.150. The molecule has 0 aromatic heterocycles. The molecule has 3 nitrogen and oxygen atoms in total. The van der Waals surface area contributed by atoms with Crippen LogP contribution in [0.2, 0.25) is 0 Å². The average Bonchev–Trinajstić information content (AvgIpc) is 2.87. The summed E-state index contributed by atoms with van der Waals surface area (Å²) in [6.45, 7) is 3.87. The van der Waals surface area contributed by atoms with E-state index in [0.29, 0.717) is 16.2 Å². The van der Waals surface area contributed by atoms with Crippen LogP contribution in [0.5, 0.6) is 0 Å². The van der Waals surface area contributed by atoms with Crippen molar-refractivity contribution in [3.05, 3.63) is 24.3 Å². The van der Waals surface area contributed by atoms with Crippen LogP contribution in [0.4, 0.5) is 5.69 Å². The molecule has 0 radical (unpaired) electrons. The van der Waals surface area contributed by atoms with Crippen LogP contribution in [0.25, 0.3) is 0 Å². The van der Waals surface area contributed by atoms with Crippen LogP contribution in [-0.4, -0.2) is 31.2 Å². The van der Waals surface area contributed by atoms with Crippen molar-refractivity contribution in [2.24, 2.45) is 0 Å². The number of hydrogen-bond acceptors (Lipinski definition) is 4. The Balaban J connectivity index is 2.04. The summed E-state index contributed by atoms with van der Waals surface area (Å²) in [4.78, 5) is 0.413. The van der Waals surface area contributed by atoms with Crippen LogP contribution in [0.15, 0.2) is 29.2 Å². The summed E-state index contributed by atoms with van der Waals surface area (Å²) in [7, 11) is -3.09. The van der Waals surface area contributed by atoms with Crippen molar-refractivity contribution >= 4 is 27.3 Å². The van der Waals surface area contributed by atoms with Crippen LogP contribution in [-0.2, 0) is 9.84 Å². The molecule has 1 fully saturated rings. The highest BCUT2D eigenvalue weighted by Gasteiger charge is 2.26. The molecule has 5 heteroatoms. The highest BCUT2D eigenvalue weighted by Crippen LogP contribution is 2.32. The van der Waals surface area contributed by atoms with Gasteiger partial charge in [-0.25, -0.2) is 8.42 Å². The second-order valence-corrected chi connectivity index (χ2v) is 8.90. The standard InChI is InChI=1S/C15H23NO2S2/c1-3-19-15-7-5-6-14(15)16-12-8-10-13(11-9-12)20(17,18)4-2/h8-11,14-16H,3-7H2,1-2H3. The Labute approximate surface area is 126 Å². The fourth-order valence-corrected chi connectivity index (χ4v) is 4.73. The largest absolute Gasteiger partial charge is 0.381 e. The third-order valence-corrected chi connectivity index (χ3v) is 6.86. The van der Waals surface area contributed by atoms with Crippen molar-refractivity contribution in [1.29, 1.82) is 0 Å². The Morgan fingerprint density at radius 1 is 1.20 bits per heavy atom. The highest BCUT2D eigenvalue weighted by atomic mass is 32.2. The molecule has 2 atom stereocenters. The van der Waals surface area contributed by atoms with Crippen LogP contribution in [0, 0.1) is 0 Å². The Bertz CT molecular complexity index is 525. The Hall–Kier alpha value is -0.680. The van der Waals surface area contributed by atoms with Crippen LogP contribution in [0.3, 0.4) is 0 Å². The van der Waals surface area contributed by atoms with E-state index in [0.717, 1.165) is 11.4 Å². The van der Waals surface area contributed by atoms with Gasteiger partial charge in [-0.1, -0.05) is 20.3 Å². The van der Waals surface area contributed by atoms with Gasteiger partial charge in [0, 0.05) is 17.0 Å². The van der Waals surface area contributed by atoms with Crippen molar-refractivity contribution in [3.63, 3.8) is 0 Å². The third kappa shape index (κ3) is 3.70. The predicted octanol–water partition coefficient (Wildman–Crippen LogP) is 3.57. The zero-order valence-electron chi connectivity index (χ0n) is 12.1. The molecule has 0 heterocycles. The number of benzene rings is 1. The molecule has 1 aromatic rings. The molecule has 0 spiro atoms. The van der Waals surface area contributed by atoms with E-state index in [1.807, 2.05) is 23.9 Å². The summed E-state index contributed by atoms with van der Waals surface area (Å²) >= 11 is 2.02. The van der Waals surface area contributed by atoms with E-state index in [1.54, 1.807) is 19.1 Å².